The molecular formula is C26H17F4N5OS. The van der Waals surface area contributed by atoms with Crippen molar-refractivity contribution in [2.24, 2.45) is 5.10 Å². The smallest absolute Gasteiger partial charge is 0.266 e. The number of thiazole rings is 1. The molecule has 0 spiro atoms. The monoisotopic (exact) mass is 523 g/mol. The minimum absolute atomic E-state index is 0.0378. The first-order chi connectivity index (χ1) is 17.7. The maximum atomic E-state index is 13.5. The fourth-order valence-corrected chi connectivity index (χ4v) is 4.40. The highest BCUT2D eigenvalue weighted by molar-refractivity contribution is 7.12. The minimum atomic E-state index is -4.67. The number of hydrogen-bond donors (Lipinski definition) is 1. The Kier molecular flexibility index (Phi) is 6.30. The Morgan fingerprint density at radius 2 is 1.73 bits per heavy atom. The predicted molar refractivity (Wildman–Crippen MR) is 133 cm³/mol. The summed E-state index contributed by atoms with van der Waals surface area (Å²) in [5, 5.41) is 11.0. The van der Waals surface area contributed by atoms with Gasteiger partial charge in [0.25, 0.3) is 5.91 Å². The molecule has 2 heterocycles. The zero-order valence-corrected chi connectivity index (χ0v) is 19.9. The van der Waals surface area contributed by atoms with E-state index in [0.29, 0.717) is 16.8 Å². The Labute approximate surface area is 211 Å². The van der Waals surface area contributed by atoms with Crippen molar-refractivity contribution in [2.75, 3.05) is 0 Å². The number of benzene rings is 3. The van der Waals surface area contributed by atoms with Crippen LogP contribution in [0.25, 0.3) is 27.2 Å². The molecule has 0 aliphatic rings. The Bertz CT molecular complexity index is 1640. The van der Waals surface area contributed by atoms with Gasteiger partial charge < -0.3 is 0 Å². The fraction of sp³-hybridized carbons (Fsp3) is 0.0769. The van der Waals surface area contributed by atoms with Crippen LogP contribution in [0.4, 0.5) is 17.6 Å². The van der Waals surface area contributed by atoms with E-state index < -0.39 is 23.6 Å². The molecular weight excluding hydrogens is 506 g/mol. The van der Waals surface area contributed by atoms with Gasteiger partial charge in [-0.15, -0.1) is 11.3 Å². The first-order valence-electron chi connectivity index (χ1n) is 10.9. The highest BCUT2D eigenvalue weighted by Crippen LogP contribution is 2.34. The summed E-state index contributed by atoms with van der Waals surface area (Å²) >= 11 is 0.971. The van der Waals surface area contributed by atoms with Gasteiger partial charge in [0.1, 0.15) is 11.5 Å². The second kappa shape index (κ2) is 9.58. The molecule has 2 aromatic heterocycles. The van der Waals surface area contributed by atoms with Gasteiger partial charge in [-0.05, 0) is 47.5 Å². The average Bonchev–Trinajstić information content (AvgIpc) is 3.55. The van der Waals surface area contributed by atoms with E-state index in [1.165, 1.54) is 29.6 Å². The molecule has 0 radical (unpaired) electrons. The Morgan fingerprint density at radius 1 is 1.00 bits per heavy atom. The molecule has 0 aliphatic heterocycles. The van der Waals surface area contributed by atoms with Gasteiger partial charge in [-0.3, -0.25) is 4.79 Å². The molecule has 5 aromatic rings. The maximum Gasteiger partial charge on any atom is 0.435 e. The van der Waals surface area contributed by atoms with Crippen LogP contribution in [0.2, 0.25) is 0 Å². The molecule has 37 heavy (non-hydrogen) atoms. The van der Waals surface area contributed by atoms with Crippen molar-refractivity contribution >= 4 is 33.7 Å². The van der Waals surface area contributed by atoms with Crippen molar-refractivity contribution in [3.05, 3.63) is 101 Å². The van der Waals surface area contributed by atoms with Crippen molar-refractivity contribution in [1.29, 1.82) is 0 Å². The molecule has 0 aliphatic carbocycles. The number of alkyl halides is 3. The number of nitrogens with one attached hydrogen (secondary N) is 1. The number of halogens is 4. The summed E-state index contributed by atoms with van der Waals surface area (Å²) in [6.45, 7) is 1.64. The van der Waals surface area contributed by atoms with E-state index in [9.17, 15) is 22.4 Å². The molecule has 0 unspecified atom stereocenters. The van der Waals surface area contributed by atoms with Crippen LogP contribution in [0.15, 0.2) is 83.3 Å². The summed E-state index contributed by atoms with van der Waals surface area (Å²) in [5.41, 5.74) is 3.00. The molecule has 11 heteroatoms. The van der Waals surface area contributed by atoms with Gasteiger partial charge in [0.15, 0.2) is 5.69 Å². The standard InChI is InChI=1S/C26H17F4N5OS/c1-15(16-8-10-20(27)11-9-16)32-33-24(36)21-14-37-25(31-21)35-22(13-23(34-35)26(28,29)30)19-7-6-17-4-2-3-5-18(17)12-19/h2-14H,1H3,(H,33,36)/b32-15+. The summed E-state index contributed by atoms with van der Waals surface area (Å²) in [6.07, 6.45) is -4.67. The quantitative estimate of drug-likeness (QED) is 0.163. The first-order valence-corrected chi connectivity index (χ1v) is 11.8. The third-order valence-corrected chi connectivity index (χ3v) is 6.35. The number of fused-ring (bicyclic) bond motifs is 1. The van der Waals surface area contributed by atoms with E-state index in [-0.39, 0.29) is 16.5 Å². The highest BCUT2D eigenvalue weighted by Gasteiger charge is 2.35. The third kappa shape index (κ3) is 5.12. The van der Waals surface area contributed by atoms with Gasteiger partial charge in [0.05, 0.1) is 11.4 Å². The van der Waals surface area contributed by atoms with Crippen LogP contribution < -0.4 is 5.43 Å². The van der Waals surface area contributed by atoms with Crippen molar-refractivity contribution in [3.63, 3.8) is 0 Å². The number of amides is 1. The van der Waals surface area contributed by atoms with E-state index in [1.807, 2.05) is 30.3 Å². The molecule has 0 atom stereocenters. The molecule has 0 saturated heterocycles. The average molecular weight is 524 g/mol. The van der Waals surface area contributed by atoms with Gasteiger partial charge in [-0.2, -0.15) is 23.4 Å². The molecule has 186 valence electrons. The fourth-order valence-electron chi connectivity index (χ4n) is 3.63. The Hall–Kier alpha value is -4.38. The molecule has 0 saturated carbocycles. The van der Waals surface area contributed by atoms with E-state index in [2.05, 4.69) is 20.6 Å². The molecule has 5 rings (SSSR count). The maximum absolute atomic E-state index is 13.5. The number of hydrazone groups is 1. The second-order valence-electron chi connectivity index (χ2n) is 8.05. The third-order valence-electron chi connectivity index (χ3n) is 5.54. The van der Waals surface area contributed by atoms with Crippen LogP contribution in [0, 0.1) is 5.82 Å². The van der Waals surface area contributed by atoms with Crippen LogP contribution in [-0.2, 0) is 6.18 Å². The number of nitrogens with zero attached hydrogens (tertiary/aromatic N) is 4. The number of hydrogen-bond acceptors (Lipinski definition) is 5. The van der Waals surface area contributed by atoms with E-state index >= 15 is 0 Å². The van der Waals surface area contributed by atoms with E-state index in [1.54, 1.807) is 19.1 Å². The highest BCUT2D eigenvalue weighted by atomic mass is 32.1. The normalized spacial score (nSPS) is 12.2. The lowest BCUT2D eigenvalue weighted by Gasteiger charge is -2.06. The van der Waals surface area contributed by atoms with Crippen LogP contribution in [0.3, 0.4) is 0 Å². The van der Waals surface area contributed by atoms with Crippen molar-refractivity contribution in [3.8, 4) is 16.4 Å². The number of carbonyl (C=O) groups is 1. The minimum Gasteiger partial charge on any atom is -0.266 e. The van der Waals surface area contributed by atoms with Crippen LogP contribution in [0.1, 0.15) is 28.7 Å². The largest absolute Gasteiger partial charge is 0.435 e. The van der Waals surface area contributed by atoms with Gasteiger partial charge in [0.2, 0.25) is 5.13 Å². The SMILES string of the molecule is C/C(=N\NC(=O)c1csc(-n2nc(C(F)(F)F)cc2-c2ccc3ccccc3c2)n1)c1ccc(F)cc1. The number of carbonyl (C=O) groups excluding carboxylic acids is 1. The van der Waals surface area contributed by atoms with Crippen LogP contribution in [-0.4, -0.2) is 26.4 Å². The predicted octanol–water partition coefficient (Wildman–Crippen LogP) is 6.46. The zero-order valence-electron chi connectivity index (χ0n) is 19.1. The van der Waals surface area contributed by atoms with Crippen LogP contribution in [0.5, 0.6) is 0 Å². The topological polar surface area (TPSA) is 72.2 Å². The van der Waals surface area contributed by atoms with Crippen molar-refractivity contribution in [1.82, 2.24) is 20.2 Å². The van der Waals surface area contributed by atoms with Crippen LogP contribution >= 0.6 is 11.3 Å². The molecule has 0 fully saturated rings. The molecule has 3 aromatic carbocycles. The summed E-state index contributed by atoms with van der Waals surface area (Å²) in [4.78, 5) is 16.8. The Balaban J connectivity index is 1.46. The van der Waals surface area contributed by atoms with E-state index in [0.717, 1.165) is 32.9 Å². The lowest BCUT2D eigenvalue weighted by molar-refractivity contribution is -0.141. The second-order valence-corrected chi connectivity index (χ2v) is 8.88. The Morgan fingerprint density at radius 3 is 2.46 bits per heavy atom. The molecule has 1 N–H and O–H groups in total. The van der Waals surface area contributed by atoms with E-state index in [4.69, 9.17) is 0 Å². The number of rotatable bonds is 5. The molecule has 1 amide bonds. The van der Waals surface area contributed by atoms with Crippen molar-refractivity contribution < 1.29 is 22.4 Å². The first kappa shape index (κ1) is 24.3. The summed E-state index contributed by atoms with van der Waals surface area (Å²) in [7, 11) is 0. The summed E-state index contributed by atoms with van der Waals surface area (Å²) in [6, 6.07) is 19.3. The van der Waals surface area contributed by atoms with Gasteiger partial charge in [-0.25, -0.2) is 19.5 Å². The van der Waals surface area contributed by atoms with Crippen molar-refractivity contribution in [2.45, 2.75) is 13.1 Å². The lowest BCUT2D eigenvalue weighted by Crippen LogP contribution is -2.20. The van der Waals surface area contributed by atoms with Gasteiger partial charge in [-0.1, -0.05) is 48.5 Å². The molecule has 6 nitrogen and oxygen atoms in total. The van der Waals surface area contributed by atoms with Gasteiger partial charge >= 0.3 is 6.18 Å². The summed E-state index contributed by atoms with van der Waals surface area (Å²) in [5.74, 6) is -1.05. The zero-order chi connectivity index (χ0) is 26.2. The number of aromatic nitrogens is 3. The lowest BCUT2D eigenvalue weighted by atomic mass is 10.0. The summed E-state index contributed by atoms with van der Waals surface area (Å²) < 4.78 is 54.8. The van der Waals surface area contributed by atoms with Gasteiger partial charge in [0, 0.05) is 10.9 Å². The molecule has 0 bridgehead atoms.